The van der Waals surface area contributed by atoms with E-state index in [-0.39, 0.29) is 93.2 Å². The van der Waals surface area contributed by atoms with Gasteiger partial charge < -0.3 is 108 Å². The average molecular weight is 1380 g/mol. The van der Waals surface area contributed by atoms with Gasteiger partial charge in [-0.25, -0.2) is 9.97 Å². The lowest BCUT2D eigenvalue weighted by Crippen LogP contribution is -2.26. The van der Waals surface area contributed by atoms with Crippen LogP contribution in [0.3, 0.4) is 0 Å². The lowest BCUT2D eigenvalue weighted by Gasteiger charge is -2.15. The van der Waals surface area contributed by atoms with E-state index < -0.39 is 47.8 Å². The molecule has 8 aromatic carbocycles. The zero-order chi connectivity index (χ0) is 73.0. The molecule has 2 aliphatic rings. The summed E-state index contributed by atoms with van der Waals surface area (Å²) in [7, 11) is 0. The molecule has 0 unspecified atom stereocenters. The number of carbonyl (C=O) groups excluding carboxylic acids is 8. The van der Waals surface area contributed by atoms with Crippen LogP contribution in [-0.4, -0.2) is 57.7 Å². The minimum absolute atomic E-state index is 0.211. The molecule has 13 rings (SSSR count). The standard InChI is InChI=1S/C80H54N4O20/c85-73(86)49-25-41(26-50(33-49)74(87)88)37-101-57-9-1-45(2-10-57)69-61-17-19-63(81-61)70(46-3-11-58(12-4-46)102-38-42-27-51(75(89)90)34-52(28-42)76(91)92)65-21-23-67(83-65)72(48-7-15-60(16-8-48)104-40-44-31-55(79(97)98)36-56(32-44)80(99)100)68-24-22-66(84-68)71(64-20-18-62(69)82-64)47-5-13-59(14-6-47)103-39-43-29-53(77(93)94)35-54(30-43)78(95)96/h1-36H,37-40H2,(H10,81,82,83,84,85,86,87,88,89,90,91,92,93,94,95,96,97,98,99,100)/p-10. The summed E-state index contributed by atoms with van der Waals surface area (Å²) >= 11 is 0. The molecule has 0 N–H and O–H groups in total. The van der Waals surface area contributed by atoms with Crippen LogP contribution in [0.4, 0.5) is 0 Å². The molecule has 24 heteroatoms. The summed E-state index contributed by atoms with van der Waals surface area (Å²) < 4.78 is 24.3. The number of carbonyl (C=O) groups is 8. The zero-order valence-corrected chi connectivity index (χ0v) is 53.6. The van der Waals surface area contributed by atoms with E-state index in [0.717, 1.165) is 24.3 Å². The summed E-state index contributed by atoms with van der Waals surface area (Å²) in [6, 6.07) is 48.0. The molecule has 0 amide bonds. The molecule has 11 aromatic rings. The van der Waals surface area contributed by atoms with Crippen LogP contribution < -0.4 is 69.8 Å². The van der Waals surface area contributed by atoms with Crippen molar-refractivity contribution in [3.63, 3.8) is 0 Å². The zero-order valence-electron chi connectivity index (χ0n) is 53.6. The van der Waals surface area contributed by atoms with Crippen LogP contribution in [0.1, 0.15) is 128 Å². The van der Waals surface area contributed by atoms with E-state index in [1.54, 1.807) is 146 Å². The number of nitrogens with zero attached hydrogens (tertiary/aromatic N) is 4. The Bertz CT molecular complexity index is 4830. The van der Waals surface area contributed by atoms with Gasteiger partial charge in [-0.3, -0.25) is 0 Å². The van der Waals surface area contributed by atoms with Gasteiger partial charge in [0.1, 0.15) is 49.4 Å². The van der Waals surface area contributed by atoms with Crippen molar-refractivity contribution in [1.82, 2.24) is 19.9 Å². The van der Waals surface area contributed by atoms with Crippen molar-refractivity contribution >= 4 is 94.1 Å². The van der Waals surface area contributed by atoms with Gasteiger partial charge in [0, 0.05) is 0 Å². The summed E-state index contributed by atoms with van der Waals surface area (Å²) in [6.45, 7) is -0.980. The number of hydrogen-bond donors (Lipinski definition) is 0. The summed E-state index contributed by atoms with van der Waals surface area (Å²) in [5, 5.41) is 94.5. The van der Waals surface area contributed by atoms with Gasteiger partial charge in [-0.15, -0.1) is 22.1 Å². The minimum Gasteiger partial charge on any atom is -0.657 e. The molecule has 2 aliphatic heterocycles. The van der Waals surface area contributed by atoms with Gasteiger partial charge in [0.15, 0.2) is 0 Å². The van der Waals surface area contributed by atoms with E-state index in [0.29, 0.717) is 112 Å². The van der Waals surface area contributed by atoms with Crippen molar-refractivity contribution in [3.05, 3.63) is 284 Å². The first-order chi connectivity index (χ1) is 50.0. The molecule has 104 heavy (non-hydrogen) atoms. The average Bonchev–Trinajstić information content (AvgIpc) is 1.61. The number of aromatic carboxylic acids is 8. The predicted molar refractivity (Wildman–Crippen MR) is 356 cm³/mol. The van der Waals surface area contributed by atoms with E-state index >= 15 is 0 Å². The third kappa shape index (κ3) is 14.8. The van der Waals surface area contributed by atoms with E-state index in [4.69, 9.17) is 38.9 Å². The van der Waals surface area contributed by atoms with Gasteiger partial charge in [0.05, 0.1) is 70.5 Å². The van der Waals surface area contributed by atoms with Crippen LogP contribution >= 0.6 is 0 Å². The largest absolute Gasteiger partial charge is 0.657 e. The second kappa shape index (κ2) is 28.6. The topological polar surface area (TPSA) is 412 Å². The third-order valence-corrected chi connectivity index (χ3v) is 16.7. The highest BCUT2D eigenvalue weighted by Gasteiger charge is 2.18. The first-order valence-corrected chi connectivity index (χ1v) is 31.3. The Balaban J connectivity index is 0.967. The molecule has 3 aromatic heterocycles. The second-order valence-electron chi connectivity index (χ2n) is 23.6. The van der Waals surface area contributed by atoms with E-state index in [2.05, 4.69) is 0 Å². The Morgan fingerprint density at radius 2 is 0.423 bits per heavy atom. The number of benzene rings is 8. The van der Waals surface area contributed by atoms with Crippen LogP contribution in [0.2, 0.25) is 0 Å². The molecule has 0 fully saturated rings. The van der Waals surface area contributed by atoms with Crippen LogP contribution in [0.15, 0.2) is 194 Å². The maximum absolute atomic E-state index is 11.8. The quantitative estimate of drug-likeness (QED) is 0.0830. The number of carboxylic acids is 8. The SMILES string of the molecule is O=C([O-])c1cc(COc2ccc(-c3c4nc(c(-c5ccc(OCc6cc(C(=O)[O-])cc(C(=O)[O-])c6)cc5)c5ccc([n-]5)c(-c5ccc(OCc6cc(C(=O)[O-])cc(C(=O)[O-])c6)cc5)c5nc(c(-c6ccc(OCc7cc(C(=O)[O-])cc(C(=O)[O-])c7)cc6)c6ccc3[n-]6)C=C5)C=C4)cc2)cc(C(=O)[O-])c1. The summed E-state index contributed by atoms with van der Waals surface area (Å²) in [5.74, 6) is -11.6. The molecule has 0 spiro atoms. The van der Waals surface area contributed by atoms with Gasteiger partial charge in [-0.2, -0.15) is 0 Å². The van der Waals surface area contributed by atoms with Crippen molar-refractivity contribution < 1.29 is 98.2 Å². The fourth-order valence-electron chi connectivity index (χ4n) is 11.9. The van der Waals surface area contributed by atoms with Crippen molar-refractivity contribution in [3.8, 4) is 67.5 Å². The first kappa shape index (κ1) is 67.9. The molecular formula is C80H44N4O20-10. The molecule has 8 bridgehead atoms. The molecule has 24 nitrogen and oxygen atoms in total. The number of aromatic nitrogens is 4. The highest BCUT2D eigenvalue weighted by Crippen LogP contribution is 2.40. The highest BCUT2D eigenvalue weighted by molar-refractivity contribution is 6.01. The molecule has 0 atom stereocenters. The number of carboxylic acid groups (broad SMARTS) is 8. The third-order valence-electron chi connectivity index (χ3n) is 16.7. The summed E-state index contributed by atoms with van der Waals surface area (Å²) in [6.07, 6.45) is 7.20. The molecule has 5 heterocycles. The Morgan fingerprint density at radius 3 is 0.587 bits per heavy atom. The maximum atomic E-state index is 11.8. The van der Waals surface area contributed by atoms with Gasteiger partial charge in [0.2, 0.25) is 0 Å². The Morgan fingerprint density at radius 1 is 0.250 bits per heavy atom. The van der Waals surface area contributed by atoms with Crippen LogP contribution in [-0.2, 0) is 26.4 Å². The van der Waals surface area contributed by atoms with Gasteiger partial charge in [-0.1, -0.05) is 72.8 Å². The van der Waals surface area contributed by atoms with Crippen molar-refractivity contribution in [2.45, 2.75) is 26.4 Å². The molecular weight excluding hydrogens is 1340 g/mol. The van der Waals surface area contributed by atoms with E-state index in [1.807, 2.05) is 0 Å². The monoisotopic (exact) mass is 1380 g/mol. The predicted octanol–water partition coefficient (Wildman–Crippen LogP) is 3.81. The van der Waals surface area contributed by atoms with Crippen LogP contribution in [0, 0.1) is 0 Å². The number of hydrogen-bond acceptors (Lipinski definition) is 22. The van der Waals surface area contributed by atoms with Crippen molar-refractivity contribution in [2.75, 3.05) is 0 Å². The summed E-state index contributed by atoms with van der Waals surface area (Å²) in [5.41, 5.74) is 5.55. The highest BCUT2D eigenvalue weighted by atomic mass is 16.5. The number of fused-ring (bicyclic) bond motifs is 8. The Kier molecular flexibility index (Phi) is 18.7. The lowest BCUT2D eigenvalue weighted by molar-refractivity contribution is -0.257. The van der Waals surface area contributed by atoms with Gasteiger partial charge in [0.25, 0.3) is 0 Å². The van der Waals surface area contributed by atoms with Gasteiger partial charge >= 0.3 is 0 Å². The van der Waals surface area contributed by atoms with Crippen molar-refractivity contribution in [1.29, 1.82) is 0 Å². The Labute approximate surface area is 587 Å². The fraction of sp³-hybridized carbons (Fsp3) is 0.0500. The fourth-order valence-corrected chi connectivity index (χ4v) is 11.9. The van der Waals surface area contributed by atoms with Crippen LogP contribution in [0.5, 0.6) is 23.0 Å². The first-order valence-electron chi connectivity index (χ1n) is 31.3. The number of rotatable bonds is 24. The second-order valence-corrected chi connectivity index (χ2v) is 23.6. The summed E-state index contributed by atoms with van der Waals surface area (Å²) in [4.78, 5) is 116. The molecule has 0 radical (unpaired) electrons. The lowest BCUT2D eigenvalue weighted by atomic mass is 10.0. The molecule has 0 aliphatic carbocycles. The molecule has 514 valence electrons. The van der Waals surface area contributed by atoms with Crippen molar-refractivity contribution in [2.24, 2.45) is 0 Å². The molecule has 0 saturated heterocycles. The normalized spacial score (nSPS) is 11.4. The Hall–Kier alpha value is -14.7. The van der Waals surface area contributed by atoms with Gasteiger partial charge in [-0.05, 0) is 257 Å². The van der Waals surface area contributed by atoms with E-state index in [9.17, 15) is 79.2 Å². The minimum atomic E-state index is -1.60. The van der Waals surface area contributed by atoms with Crippen LogP contribution in [0.25, 0.3) is 90.9 Å². The maximum Gasteiger partial charge on any atom is 0.119 e. The molecule has 0 saturated carbocycles. The smallest absolute Gasteiger partial charge is 0.119 e. The number of ether oxygens (including phenoxy) is 4. The van der Waals surface area contributed by atoms with E-state index in [1.165, 1.54) is 48.5 Å².